The summed E-state index contributed by atoms with van der Waals surface area (Å²) in [7, 11) is 0. The maximum Gasteiger partial charge on any atom is 0.244 e. The summed E-state index contributed by atoms with van der Waals surface area (Å²) in [5.41, 5.74) is 2.68. The van der Waals surface area contributed by atoms with Crippen molar-refractivity contribution in [2.24, 2.45) is 0 Å². The van der Waals surface area contributed by atoms with Crippen LogP contribution in [0.15, 0.2) is 28.8 Å². The minimum atomic E-state index is -0.131. The summed E-state index contributed by atoms with van der Waals surface area (Å²) in [6.07, 6.45) is 0.745. The van der Waals surface area contributed by atoms with Gasteiger partial charge in [-0.2, -0.15) is 4.98 Å². The van der Waals surface area contributed by atoms with Crippen molar-refractivity contribution >= 4 is 0 Å². The van der Waals surface area contributed by atoms with E-state index in [4.69, 9.17) is 9.26 Å². The van der Waals surface area contributed by atoms with E-state index >= 15 is 0 Å². The molecule has 2 atom stereocenters. The molecular formula is C15H19N3O2. The Bertz CT molecular complexity index is 582. The van der Waals surface area contributed by atoms with Gasteiger partial charge in [0.05, 0.1) is 6.04 Å². The number of nitrogens with zero attached hydrogens (tertiary/aromatic N) is 2. The van der Waals surface area contributed by atoms with Gasteiger partial charge >= 0.3 is 0 Å². The molecule has 2 unspecified atom stereocenters. The Kier molecular flexibility index (Phi) is 3.80. The molecule has 0 fully saturated rings. The normalized spacial score (nSPS) is 19.6. The van der Waals surface area contributed by atoms with Crippen LogP contribution in [-0.2, 0) is 17.7 Å². The maximum absolute atomic E-state index is 5.48. The molecule has 5 nitrogen and oxygen atoms in total. The Morgan fingerprint density at radius 2 is 2.20 bits per heavy atom. The fourth-order valence-corrected chi connectivity index (χ4v) is 2.51. The highest BCUT2D eigenvalue weighted by molar-refractivity contribution is 5.30. The SMILES string of the molecule is CCOC(C)c1noc(C2Cc3ccccc3CN2)n1. The van der Waals surface area contributed by atoms with Crippen LogP contribution in [0.4, 0.5) is 0 Å². The third kappa shape index (κ3) is 2.59. The Morgan fingerprint density at radius 1 is 1.40 bits per heavy atom. The van der Waals surface area contributed by atoms with E-state index in [1.165, 1.54) is 11.1 Å². The lowest BCUT2D eigenvalue weighted by atomic mass is 9.96. The molecule has 0 saturated carbocycles. The maximum atomic E-state index is 5.48. The summed E-state index contributed by atoms with van der Waals surface area (Å²) < 4.78 is 10.9. The van der Waals surface area contributed by atoms with Gasteiger partial charge in [0, 0.05) is 13.2 Å². The van der Waals surface area contributed by atoms with Gasteiger partial charge in [-0.25, -0.2) is 0 Å². The van der Waals surface area contributed by atoms with Crippen LogP contribution in [-0.4, -0.2) is 16.7 Å². The van der Waals surface area contributed by atoms with E-state index < -0.39 is 0 Å². The number of aromatic nitrogens is 2. The second-order valence-electron chi connectivity index (χ2n) is 4.99. The average Bonchev–Trinajstić information content (AvgIpc) is 2.97. The summed E-state index contributed by atoms with van der Waals surface area (Å²) in [5, 5.41) is 7.45. The number of benzene rings is 1. The van der Waals surface area contributed by atoms with Crippen molar-refractivity contribution in [3.63, 3.8) is 0 Å². The van der Waals surface area contributed by atoms with Gasteiger partial charge in [0.25, 0.3) is 0 Å². The first-order valence-corrected chi connectivity index (χ1v) is 7.03. The zero-order valence-corrected chi connectivity index (χ0v) is 11.8. The third-order valence-corrected chi connectivity index (χ3v) is 3.62. The van der Waals surface area contributed by atoms with Crippen LogP contribution in [0.5, 0.6) is 0 Å². The number of nitrogens with one attached hydrogen (secondary N) is 1. The van der Waals surface area contributed by atoms with Crippen LogP contribution in [0.3, 0.4) is 0 Å². The van der Waals surface area contributed by atoms with Crippen LogP contribution in [0.1, 0.15) is 48.8 Å². The minimum Gasteiger partial charge on any atom is -0.371 e. The molecule has 1 aromatic carbocycles. The zero-order valence-electron chi connectivity index (χ0n) is 11.8. The minimum absolute atomic E-state index is 0.0833. The van der Waals surface area contributed by atoms with Gasteiger partial charge in [0.1, 0.15) is 6.10 Å². The van der Waals surface area contributed by atoms with Crippen molar-refractivity contribution < 1.29 is 9.26 Å². The van der Waals surface area contributed by atoms with E-state index in [-0.39, 0.29) is 12.1 Å². The van der Waals surface area contributed by atoms with Crippen LogP contribution in [0.25, 0.3) is 0 Å². The van der Waals surface area contributed by atoms with Gasteiger partial charge in [-0.15, -0.1) is 0 Å². The highest BCUT2D eigenvalue weighted by atomic mass is 16.5. The average molecular weight is 273 g/mol. The predicted molar refractivity (Wildman–Crippen MR) is 74.1 cm³/mol. The van der Waals surface area contributed by atoms with Crippen LogP contribution in [0, 0.1) is 0 Å². The molecule has 0 aliphatic carbocycles. The first kappa shape index (κ1) is 13.3. The quantitative estimate of drug-likeness (QED) is 0.927. The van der Waals surface area contributed by atoms with Gasteiger partial charge in [0.15, 0.2) is 5.82 Å². The molecule has 0 saturated heterocycles. The molecule has 0 radical (unpaired) electrons. The first-order chi connectivity index (χ1) is 9.78. The monoisotopic (exact) mass is 273 g/mol. The molecule has 1 N–H and O–H groups in total. The third-order valence-electron chi connectivity index (χ3n) is 3.62. The van der Waals surface area contributed by atoms with E-state index in [0.29, 0.717) is 18.3 Å². The molecule has 1 aromatic heterocycles. The summed E-state index contributed by atoms with van der Waals surface area (Å²) in [4.78, 5) is 4.46. The van der Waals surface area contributed by atoms with Crippen molar-refractivity contribution in [1.29, 1.82) is 0 Å². The fraction of sp³-hybridized carbons (Fsp3) is 0.467. The number of ether oxygens (including phenoxy) is 1. The highest BCUT2D eigenvalue weighted by Crippen LogP contribution is 2.25. The molecule has 2 aromatic rings. The topological polar surface area (TPSA) is 60.2 Å². The Balaban J connectivity index is 1.75. The number of fused-ring (bicyclic) bond motifs is 1. The molecule has 3 rings (SSSR count). The lowest BCUT2D eigenvalue weighted by molar-refractivity contribution is 0.0683. The van der Waals surface area contributed by atoms with Gasteiger partial charge in [0.2, 0.25) is 5.89 Å². The summed E-state index contributed by atoms with van der Waals surface area (Å²) in [6, 6.07) is 8.52. The molecule has 0 spiro atoms. The number of hydrogen-bond donors (Lipinski definition) is 1. The van der Waals surface area contributed by atoms with E-state index in [0.717, 1.165) is 13.0 Å². The van der Waals surface area contributed by atoms with Crippen LogP contribution in [0.2, 0.25) is 0 Å². The second-order valence-corrected chi connectivity index (χ2v) is 4.99. The largest absolute Gasteiger partial charge is 0.371 e. The van der Waals surface area contributed by atoms with Crippen LogP contribution < -0.4 is 5.32 Å². The smallest absolute Gasteiger partial charge is 0.244 e. The van der Waals surface area contributed by atoms with Crippen molar-refractivity contribution in [3.8, 4) is 0 Å². The standard InChI is InChI=1S/C15H19N3O2/c1-3-19-10(2)14-17-15(20-18-14)13-8-11-6-4-5-7-12(11)9-16-13/h4-7,10,13,16H,3,8-9H2,1-2H3. The van der Waals surface area contributed by atoms with Gasteiger partial charge in [-0.1, -0.05) is 29.4 Å². The van der Waals surface area contributed by atoms with E-state index in [1.54, 1.807) is 0 Å². The molecular weight excluding hydrogens is 254 g/mol. The molecule has 2 heterocycles. The fourth-order valence-electron chi connectivity index (χ4n) is 2.51. The lowest BCUT2D eigenvalue weighted by Gasteiger charge is -2.23. The molecule has 20 heavy (non-hydrogen) atoms. The lowest BCUT2D eigenvalue weighted by Crippen LogP contribution is -2.28. The van der Waals surface area contributed by atoms with Crippen molar-refractivity contribution in [2.45, 2.75) is 39.0 Å². The van der Waals surface area contributed by atoms with E-state index in [9.17, 15) is 0 Å². The van der Waals surface area contributed by atoms with E-state index in [2.05, 4.69) is 39.7 Å². The van der Waals surface area contributed by atoms with Crippen molar-refractivity contribution in [3.05, 3.63) is 47.1 Å². The summed E-state index contributed by atoms with van der Waals surface area (Å²) >= 11 is 0. The van der Waals surface area contributed by atoms with Crippen molar-refractivity contribution in [2.75, 3.05) is 6.61 Å². The van der Waals surface area contributed by atoms with Gasteiger partial charge in [-0.3, -0.25) is 0 Å². The van der Waals surface area contributed by atoms with Gasteiger partial charge < -0.3 is 14.6 Å². The molecule has 1 aliphatic heterocycles. The molecule has 5 heteroatoms. The molecule has 106 valence electrons. The molecule has 1 aliphatic rings. The second kappa shape index (κ2) is 5.73. The Hall–Kier alpha value is -1.72. The van der Waals surface area contributed by atoms with Gasteiger partial charge in [-0.05, 0) is 31.4 Å². The highest BCUT2D eigenvalue weighted by Gasteiger charge is 2.25. The Morgan fingerprint density at radius 3 is 3.00 bits per heavy atom. The van der Waals surface area contributed by atoms with Crippen LogP contribution >= 0.6 is 0 Å². The van der Waals surface area contributed by atoms with Crippen molar-refractivity contribution in [1.82, 2.24) is 15.5 Å². The predicted octanol–water partition coefficient (Wildman–Crippen LogP) is 2.55. The number of hydrogen-bond acceptors (Lipinski definition) is 5. The zero-order chi connectivity index (χ0) is 13.9. The number of rotatable bonds is 4. The van der Waals surface area contributed by atoms with E-state index in [1.807, 2.05) is 13.8 Å². The Labute approximate surface area is 118 Å². The molecule has 0 bridgehead atoms. The first-order valence-electron chi connectivity index (χ1n) is 7.03. The summed E-state index contributed by atoms with van der Waals surface area (Å²) in [6.45, 7) is 5.36. The summed E-state index contributed by atoms with van der Waals surface area (Å²) in [5.74, 6) is 1.25. The molecule has 0 amide bonds.